The molecule has 0 aromatic heterocycles. The summed E-state index contributed by atoms with van der Waals surface area (Å²) < 4.78 is 2.38. The summed E-state index contributed by atoms with van der Waals surface area (Å²) in [4.78, 5) is 0.221. The first-order valence-electron chi connectivity index (χ1n) is 7.91. The van der Waals surface area contributed by atoms with Crippen LogP contribution >= 0.6 is 0 Å². The molecule has 3 rings (SSSR count). The van der Waals surface area contributed by atoms with Gasteiger partial charge >= 0.3 is 149 Å². The van der Waals surface area contributed by atoms with Crippen LogP contribution in [0.3, 0.4) is 0 Å². The third kappa shape index (κ3) is 4.82. The Labute approximate surface area is 149 Å². The van der Waals surface area contributed by atoms with Gasteiger partial charge in [-0.2, -0.15) is 0 Å². The molecule has 3 heteroatoms. The van der Waals surface area contributed by atoms with Crippen molar-refractivity contribution in [2.75, 3.05) is 6.54 Å². The Morgan fingerprint density at radius 3 is 1.96 bits per heavy atom. The van der Waals surface area contributed by atoms with E-state index in [4.69, 9.17) is 0 Å². The zero-order chi connectivity index (χ0) is 16.6. The Balaban J connectivity index is 1.81. The summed E-state index contributed by atoms with van der Waals surface area (Å²) in [6.07, 6.45) is 1.68. The van der Waals surface area contributed by atoms with Gasteiger partial charge in [0.2, 0.25) is 0 Å². The van der Waals surface area contributed by atoms with Crippen LogP contribution in [0.15, 0.2) is 91.0 Å². The molecule has 0 saturated carbocycles. The molecule has 0 spiro atoms. The number of hydroxylamine groups is 1. The van der Waals surface area contributed by atoms with Crippen LogP contribution in [0, 0.1) is 5.21 Å². The summed E-state index contributed by atoms with van der Waals surface area (Å²) in [6.45, 7) is 0.466. The van der Waals surface area contributed by atoms with Gasteiger partial charge in [-0.1, -0.05) is 0 Å². The van der Waals surface area contributed by atoms with E-state index in [1.54, 1.807) is 6.21 Å². The van der Waals surface area contributed by atoms with Crippen molar-refractivity contribution in [3.05, 3.63) is 107 Å². The van der Waals surface area contributed by atoms with Crippen LogP contribution in [0.25, 0.3) is 0 Å². The molecule has 0 aliphatic carbocycles. The molecule has 0 radical (unpaired) electrons. The molecule has 0 amide bonds. The maximum absolute atomic E-state index is 12.5. The fourth-order valence-electron chi connectivity index (χ4n) is 2.46. The van der Waals surface area contributed by atoms with Crippen LogP contribution in [-0.2, 0) is 0 Å². The van der Waals surface area contributed by atoms with Crippen molar-refractivity contribution in [2.24, 2.45) is 0 Å². The number of benzene rings is 3. The average molecular weight is 380 g/mol. The van der Waals surface area contributed by atoms with Crippen molar-refractivity contribution in [2.45, 2.75) is 4.82 Å². The Kier molecular flexibility index (Phi) is 5.84. The number of hydrogen-bond acceptors (Lipinski definition) is 1. The molecule has 0 N–H and O–H groups in total. The van der Waals surface area contributed by atoms with Gasteiger partial charge in [-0.15, -0.1) is 0 Å². The van der Waals surface area contributed by atoms with Gasteiger partial charge in [-0.05, 0) is 0 Å². The third-order valence-corrected chi connectivity index (χ3v) is 6.25. The summed E-state index contributed by atoms with van der Waals surface area (Å²) in [7, 11) is 0. The molecule has 0 aliphatic rings. The zero-order valence-electron chi connectivity index (χ0n) is 13.3. The van der Waals surface area contributed by atoms with Crippen LogP contribution < -0.4 is 4.46 Å². The topological polar surface area (TPSA) is 26.1 Å². The Morgan fingerprint density at radius 1 is 0.792 bits per heavy atom. The van der Waals surface area contributed by atoms with Crippen molar-refractivity contribution in [1.82, 2.24) is 0 Å². The van der Waals surface area contributed by atoms with Crippen LogP contribution in [0.4, 0.5) is 0 Å². The van der Waals surface area contributed by atoms with Crippen LogP contribution in [0.1, 0.15) is 15.9 Å². The van der Waals surface area contributed by atoms with Gasteiger partial charge in [0.05, 0.1) is 0 Å². The summed E-state index contributed by atoms with van der Waals surface area (Å²) in [5, 5.41) is 12.5. The molecule has 120 valence electrons. The predicted octanol–water partition coefficient (Wildman–Crippen LogP) is 3.39. The molecule has 0 bridgehead atoms. The fourth-order valence-corrected chi connectivity index (χ4v) is 4.89. The standard InChI is InChI=1S/C21H19NOSe/c23-22(16-18-10-4-1-5-11-18)17-21(19-12-6-2-7-13-19)24-20-14-8-3-9-15-20/h1-16,21H,17H2/b22-16-. The first-order valence-corrected chi connectivity index (χ1v) is 9.76. The fraction of sp³-hybridized carbons (Fsp3) is 0.0952. The van der Waals surface area contributed by atoms with Gasteiger partial charge in [0.15, 0.2) is 0 Å². The summed E-state index contributed by atoms with van der Waals surface area (Å²) >= 11 is 0.204. The zero-order valence-corrected chi connectivity index (χ0v) is 15.0. The predicted molar refractivity (Wildman–Crippen MR) is 101 cm³/mol. The molecule has 0 aliphatic heterocycles. The van der Waals surface area contributed by atoms with E-state index < -0.39 is 0 Å². The third-order valence-electron chi connectivity index (χ3n) is 3.63. The minimum absolute atomic E-state index is 0.204. The molecular weight excluding hydrogens is 361 g/mol. The van der Waals surface area contributed by atoms with Crippen LogP contribution in [-0.4, -0.2) is 32.5 Å². The molecule has 3 aromatic rings. The van der Waals surface area contributed by atoms with Gasteiger partial charge in [-0.3, -0.25) is 0 Å². The molecule has 0 saturated heterocycles. The average Bonchev–Trinajstić information content (AvgIpc) is 2.63. The number of rotatable bonds is 6. The van der Waals surface area contributed by atoms with Crippen molar-refractivity contribution in [1.29, 1.82) is 0 Å². The number of hydrogen-bond donors (Lipinski definition) is 0. The van der Waals surface area contributed by atoms with Gasteiger partial charge in [0.25, 0.3) is 0 Å². The molecule has 2 nitrogen and oxygen atoms in total. The Morgan fingerprint density at radius 2 is 1.33 bits per heavy atom. The summed E-state index contributed by atoms with van der Waals surface area (Å²) in [6, 6.07) is 30.5. The molecule has 3 aromatic carbocycles. The van der Waals surface area contributed by atoms with Crippen LogP contribution in [0.5, 0.6) is 0 Å². The Hall–Kier alpha value is -2.35. The first kappa shape index (κ1) is 16.5. The van der Waals surface area contributed by atoms with E-state index in [1.165, 1.54) is 10.0 Å². The molecule has 0 heterocycles. The van der Waals surface area contributed by atoms with Crippen molar-refractivity contribution in [3.8, 4) is 0 Å². The molecule has 24 heavy (non-hydrogen) atoms. The second-order valence-electron chi connectivity index (χ2n) is 5.47. The molecule has 1 unspecified atom stereocenters. The van der Waals surface area contributed by atoms with Crippen LogP contribution in [0.2, 0.25) is 0 Å². The quantitative estimate of drug-likeness (QED) is 0.212. The summed E-state index contributed by atoms with van der Waals surface area (Å²) in [5.74, 6) is 0. The second-order valence-corrected chi connectivity index (χ2v) is 8.15. The van der Waals surface area contributed by atoms with Gasteiger partial charge < -0.3 is 0 Å². The second kappa shape index (κ2) is 8.49. The normalized spacial score (nSPS) is 12.8. The van der Waals surface area contributed by atoms with Crippen molar-refractivity contribution in [3.63, 3.8) is 0 Å². The van der Waals surface area contributed by atoms with E-state index in [2.05, 4.69) is 36.4 Å². The van der Waals surface area contributed by atoms with Gasteiger partial charge in [0.1, 0.15) is 0 Å². The van der Waals surface area contributed by atoms with E-state index in [0.29, 0.717) is 6.54 Å². The minimum atomic E-state index is 0.204. The van der Waals surface area contributed by atoms with E-state index in [9.17, 15) is 5.21 Å². The van der Waals surface area contributed by atoms with E-state index in [-0.39, 0.29) is 19.8 Å². The SMILES string of the molecule is [O-]/[N+](=C\c1ccccc1)CC([Se]c1ccccc1)c1ccccc1. The van der Waals surface area contributed by atoms with E-state index in [1.807, 2.05) is 54.6 Å². The number of nitrogens with zero attached hydrogens (tertiary/aromatic N) is 1. The first-order chi connectivity index (χ1) is 11.8. The van der Waals surface area contributed by atoms with Gasteiger partial charge in [-0.25, -0.2) is 0 Å². The molecular formula is C21H19NOSe. The molecule has 0 fully saturated rings. The van der Waals surface area contributed by atoms with E-state index in [0.717, 1.165) is 10.3 Å². The van der Waals surface area contributed by atoms with Gasteiger partial charge in [0, 0.05) is 0 Å². The summed E-state index contributed by atoms with van der Waals surface area (Å²) in [5.41, 5.74) is 2.16. The Bertz CT molecular complexity index is 773. The maximum atomic E-state index is 12.5. The molecule has 1 atom stereocenters. The van der Waals surface area contributed by atoms with E-state index >= 15 is 0 Å². The van der Waals surface area contributed by atoms with Crippen molar-refractivity contribution < 1.29 is 4.74 Å². The van der Waals surface area contributed by atoms with Crippen molar-refractivity contribution >= 4 is 25.6 Å². The monoisotopic (exact) mass is 381 g/mol.